The van der Waals surface area contributed by atoms with E-state index in [4.69, 9.17) is 11.6 Å². The monoisotopic (exact) mass is 417 g/mol. The van der Waals surface area contributed by atoms with E-state index in [1.54, 1.807) is 11.3 Å². The minimum absolute atomic E-state index is 0.00603. The molecule has 1 aliphatic carbocycles. The maximum atomic E-state index is 12.3. The third-order valence-corrected chi connectivity index (χ3v) is 7.01. The van der Waals surface area contributed by atoms with Gasteiger partial charge in [0.1, 0.15) is 15.7 Å². The topological polar surface area (TPSA) is 54.9 Å². The van der Waals surface area contributed by atoms with Gasteiger partial charge in [-0.15, -0.1) is 11.3 Å². The third-order valence-electron chi connectivity index (χ3n) is 4.61. The lowest BCUT2D eigenvalue weighted by Gasteiger charge is -2.12. The number of thioether (sulfide) groups is 1. The Balaban J connectivity index is 1.47. The fourth-order valence-corrected chi connectivity index (χ4v) is 5.88. The Bertz CT molecular complexity index is 1000. The highest BCUT2D eigenvalue weighted by molar-refractivity contribution is 8.00. The maximum Gasteiger partial charge on any atom is 0.230 e. The number of fused-ring (bicyclic) bond motifs is 3. The predicted octanol–water partition coefficient (Wildman–Crippen LogP) is 4.94. The summed E-state index contributed by atoms with van der Waals surface area (Å²) in [7, 11) is 0. The number of halogens is 1. The van der Waals surface area contributed by atoms with Crippen molar-refractivity contribution in [3.8, 4) is 0 Å². The van der Waals surface area contributed by atoms with Gasteiger partial charge >= 0.3 is 0 Å². The highest BCUT2D eigenvalue weighted by Gasteiger charge is 2.21. The molecule has 4 nitrogen and oxygen atoms in total. The van der Waals surface area contributed by atoms with Gasteiger partial charge < -0.3 is 5.32 Å². The summed E-state index contributed by atoms with van der Waals surface area (Å²) in [5.41, 5.74) is 2.40. The fraction of sp³-hybridized carbons (Fsp3) is 0.350. The van der Waals surface area contributed by atoms with Crippen molar-refractivity contribution >= 4 is 50.8 Å². The lowest BCUT2D eigenvalue weighted by molar-refractivity contribution is -0.118. The summed E-state index contributed by atoms with van der Waals surface area (Å²) in [5.74, 6) is 1.10. The largest absolute Gasteiger partial charge is 0.351 e. The molecule has 1 aromatic carbocycles. The average molecular weight is 418 g/mol. The number of aromatic nitrogens is 2. The zero-order valence-corrected chi connectivity index (χ0v) is 17.4. The second kappa shape index (κ2) is 8.17. The molecule has 0 radical (unpaired) electrons. The van der Waals surface area contributed by atoms with Gasteiger partial charge in [0.2, 0.25) is 5.91 Å². The average Bonchev–Trinajstić information content (AvgIpc) is 3.02. The molecule has 3 aromatic rings. The standard InChI is InChI=1S/C20H20ClN3OS2/c1-12-23-19(18-15-7-2-3-8-16(15)27-20(18)24-12)26-11-17(25)22-10-13-5-4-6-14(21)9-13/h4-6,9H,2-3,7-8,10-11H2,1H3,(H,22,25). The molecule has 0 saturated carbocycles. The number of nitrogens with one attached hydrogen (secondary N) is 1. The van der Waals surface area contributed by atoms with Crippen LogP contribution in [0, 0.1) is 6.92 Å². The van der Waals surface area contributed by atoms with Crippen molar-refractivity contribution in [2.75, 3.05) is 5.75 Å². The Labute approximate surface area is 171 Å². The van der Waals surface area contributed by atoms with Crippen LogP contribution in [0.4, 0.5) is 0 Å². The summed E-state index contributed by atoms with van der Waals surface area (Å²) >= 11 is 9.29. The van der Waals surface area contributed by atoms with Crippen molar-refractivity contribution in [1.29, 1.82) is 0 Å². The summed E-state index contributed by atoms with van der Waals surface area (Å²) in [4.78, 5) is 24.1. The van der Waals surface area contributed by atoms with Crippen molar-refractivity contribution in [1.82, 2.24) is 15.3 Å². The molecule has 2 aromatic heterocycles. The minimum Gasteiger partial charge on any atom is -0.351 e. The zero-order valence-electron chi connectivity index (χ0n) is 15.0. The molecule has 140 valence electrons. The van der Waals surface area contributed by atoms with Gasteiger partial charge in [-0.05, 0) is 55.9 Å². The first kappa shape index (κ1) is 18.7. The van der Waals surface area contributed by atoms with E-state index in [0.717, 1.165) is 34.1 Å². The second-order valence-corrected chi connectivity index (χ2v) is 9.15. The molecule has 1 aliphatic rings. The van der Waals surface area contributed by atoms with Crippen molar-refractivity contribution in [2.24, 2.45) is 0 Å². The lowest BCUT2D eigenvalue weighted by Crippen LogP contribution is -2.24. The predicted molar refractivity (Wildman–Crippen MR) is 113 cm³/mol. The van der Waals surface area contributed by atoms with Gasteiger partial charge in [0, 0.05) is 21.8 Å². The minimum atomic E-state index is -0.00603. The number of carbonyl (C=O) groups is 1. The van der Waals surface area contributed by atoms with Crippen LogP contribution in [0.2, 0.25) is 5.02 Å². The number of carbonyl (C=O) groups excluding carboxylic acids is 1. The van der Waals surface area contributed by atoms with Gasteiger partial charge in [-0.3, -0.25) is 4.79 Å². The molecule has 0 aliphatic heterocycles. The van der Waals surface area contributed by atoms with E-state index < -0.39 is 0 Å². The van der Waals surface area contributed by atoms with Gasteiger partial charge in [0.15, 0.2) is 0 Å². The quantitative estimate of drug-likeness (QED) is 0.471. The maximum absolute atomic E-state index is 12.3. The SMILES string of the molecule is Cc1nc(SCC(=O)NCc2cccc(Cl)c2)c2c3c(sc2n1)CCCC3. The van der Waals surface area contributed by atoms with Crippen LogP contribution in [0.3, 0.4) is 0 Å². The Morgan fingerprint density at radius 2 is 2.15 bits per heavy atom. The number of amides is 1. The van der Waals surface area contributed by atoms with E-state index in [1.807, 2.05) is 31.2 Å². The van der Waals surface area contributed by atoms with Crippen LogP contribution >= 0.6 is 34.7 Å². The van der Waals surface area contributed by atoms with E-state index in [2.05, 4.69) is 15.3 Å². The van der Waals surface area contributed by atoms with Crippen LogP contribution in [0.5, 0.6) is 0 Å². The molecular weight excluding hydrogens is 398 g/mol. The number of hydrogen-bond donors (Lipinski definition) is 1. The normalized spacial score (nSPS) is 13.6. The van der Waals surface area contributed by atoms with Gasteiger partial charge in [-0.2, -0.15) is 0 Å². The first-order chi connectivity index (χ1) is 13.1. The number of aryl methyl sites for hydroxylation is 3. The first-order valence-corrected chi connectivity index (χ1v) is 11.2. The van der Waals surface area contributed by atoms with Crippen LogP contribution in [0.25, 0.3) is 10.2 Å². The molecule has 0 fully saturated rings. The Hall–Kier alpha value is -1.63. The van der Waals surface area contributed by atoms with Gasteiger partial charge in [0.05, 0.1) is 5.75 Å². The van der Waals surface area contributed by atoms with Crippen LogP contribution in [0.15, 0.2) is 29.3 Å². The number of nitrogens with zero attached hydrogens (tertiary/aromatic N) is 2. The van der Waals surface area contributed by atoms with Crippen molar-refractivity contribution in [2.45, 2.75) is 44.2 Å². The van der Waals surface area contributed by atoms with E-state index in [9.17, 15) is 4.79 Å². The van der Waals surface area contributed by atoms with Crippen molar-refractivity contribution in [3.05, 3.63) is 51.1 Å². The fourth-order valence-electron chi connectivity index (χ4n) is 3.36. The molecule has 0 saturated heterocycles. The van der Waals surface area contributed by atoms with Crippen molar-refractivity contribution < 1.29 is 4.79 Å². The molecular formula is C20H20ClN3OS2. The van der Waals surface area contributed by atoms with Crippen LogP contribution in [-0.4, -0.2) is 21.6 Å². The smallest absolute Gasteiger partial charge is 0.230 e. The number of hydrogen-bond acceptors (Lipinski definition) is 5. The molecule has 27 heavy (non-hydrogen) atoms. The molecule has 0 spiro atoms. The molecule has 0 bridgehead atoms. The Kier molecular flexibility index (Phi) is 5.66. The molecule has 0 atom stereocenters. The molecule has 4 rings (SSSR count). The summed E-state index contributed by atoms with van der Waals surface area (Å²) in [5, 5.41) is 5.75. The summed E-state index contributed by atoms with van der Waals surface area (Å²) < 4.78 is 0. The molecule has 1 N–H and O–H groups in total. The Morgan fingerprint density at radius 1 is 1.30 bits per heavy atom. The first-order valence-electron chi connectivity index (χ1n) is 9.03. The summed E-state index contributed by atoms with van der Waals surface area (Å²) in [6.45, 7) is 2.40. The van der Waals surface area contributed by atoms with Crippen LogP contribution in [-0.2, 0) is 24.2 Å². The van der Waals surface area contributed by atoms with Gasteiger partial charge in [-0.25, -0.2) is 9.97 Å². The molecule has 1 amide bonds. The zero-order chi connectivity index (χ0) is 18.8. The lowest BCUT2D eigenvalue weighted by atomic mass is 9.97. The van der Waals surface area contributed by atoms with Crippen LogP contribution < -0.4 is 5.32 Å². The highest BCUT2D eigenvalue weighted by Crippen LogP contribution is 2.39. The third kappa shape index (κ3) is 4.28. The van der Waals surface area contributed by atoms with Gasteiger partial charge in [0.25, 0.3) is 0 Å². The van der Waals surface area contributed by atoms with E-state index in [-0.39, 0.29) is 5.91 Å². The van der Waals surface area contributed by atoms with Crippen molar-refractivity contribution in [3.63, 3.8) is 0 Å². The second-order valence-electron chi connectivity index (χ2n) is 6.66. The summed E-state index contributed by atoms with van der Waals surface area (Å²) in [6, 6.07) is 7.53. The van der Waals surface area contributed by atoms with E-state index in [0.29, 0.717) is 17.3 Å². The Morgan fingerprint density at radius 3 is 3.00 bits per heavy atom. The number of benzene rings is 1. The molecule has 2 heterocycles. The molecule has 0 unspecified atom stereocenters. The summed E-state index contributed by atoms with van der Waals surface area (Å²) in [6.07, 6.45) is 4.70. The highest BCUT2D eigenvalue weighted by atomic mass is 35.5. The van der Waals surface area contributed by atoms with E-state index >= 15 is 0 Å². The van der Waals surface area contributed by atoms with Gasteiger partial charge in [-0.1, -0.05) is 35.5 Å². The number of rotatable bonds is 5. The van der Waals surface area contributed by atoms with Crippen LogP contribution in [0.1, 0.15) is 34.7 Å². The van der Waals surface area contributed by atoms with E-state index in [1.165, 1.54) is 40.4 Å². The number of thiophene rings is 1. The molecule has 7 heteroatoms.